The van der Waals surface area contributed by atoms with Crippen LogP contribution in [-0.4, -0.2) is 54.2 Å². The third-order valence-electron chi connectivity index (χ3n) is 5.48. The van der Waals surface area contributed by atoms with E-state index in [1.54, 1.807) is 29.2 Å². The van der Waals surface area contributed by atoms with Crippen LogP contribution in [0.15, 0.2) is 42.5 Å². The minimum Gasteiger partial charge on any atom is -0.454 e. The number of urea groups is 1. The van der Waals surface area contributed by atoms with Gasteiger partial charge in [0, 0.05) is 26.2 Å². The second-order valence-corrected chi connectivity index (χ2v) is 7.25. The lowest BCUT2D eigenvalue weighted by Gasteiger charge is -2.35. The van der Waals surface area contributed by atoms with Gasteiger partial charge in [-0.1, -0.05) is 12.1 Å². The summed E-state index contributed by atoms with van der Waals surface area (Å²) in [5, 5.41) is 9.10. The maximum Gasteiger partial charge on any atom is 0.332 e. The number of piperazine rings is 1. The summed E-state index contributed by atoms with van der Waals surface area (Å²) in [4.78, 5) is 30.8. The van der Waals surface area contributed by atoms with Gasteiger partial charge in [-0.15, -0.1) is 0 Å². The van der Waals surface area contributed by atoms with Crippen molar-refractivity contribution >= 4 is 17.6 Å². The van der Waals surface area contributed by atoms with Crippen LogP contribution < -0.4 is 14.4 Å². The van der Waals surface area contributed by atoms with Crippen molar-refractivity contribution in [3.63, 3.8) is 0 Å². The number of fused-ring (bicyclic) bond motifs is 2. The van der Waals surface area contributed by atoms with E-state index < -0.39 is 6.04 Å². The third-order valence-corrected chi connectivity index (χ3v) is 5.48. The fourth-order valence-corrected chi connectivity index (χ4v) is 4.04. The number of hydrogen-bond acceptors (Lipinski definition) is 6. The van der Waals surface area contributed by atoms with Gasteiger partial charge in [-0.3, -0.25) is 9.69 Å². The van der Waals surface area contributed by atoms with E-state index in [4.69, 9.17) is 14.7 Å². The molecule has 3 aliphatic heterocycles. The summed E-state index contributed by atoms with van der Waals surface area (Å²) in [6, 6.07) is 13.6. The highest BCUT2D eigenvalue weighted by Gasteiger charge is 2.48. The first kappa shape index (κ1) is 17.5. The predicted octanol–water partition coefficient (Wildman–Crippen LogP) is 1.94. The number of anilines is 1. The van der Waals surface area contributed by atoms with E-state index in [1.165, 1.54) is 4.90 Å². The van der Waals surface area contributed by atoms with Gasteiger partial charge in [0.1, 0.15) is 6.04 Å². The molecule has 0 saturated carbocycles. The molecule has 2 aromatic rings. The Labute approximate surface area is 167 Å². The highest BCUT2D eigenvalue weighted by molar-refractivity contribution is 6.21. The molecule has 2 fully saturated rings. The van der Waals surface area contributed by atoms with Crippen LogP contribution in [0.3, 0.4) is 0 Å². The number of amides is 3. The van der Waals surface area contributed by atoms with Crippen LogP contribution in [-0.2, 0) is 11.3 Å². The number of carbonyl (C=O) groups excluding carboxylic acids is 2. The molecule has 0 spiro atoms. The van der Waals surface area contributed by atoms with E-state index in [0.29, 0.717) is 37.4 Å². The second kappa shape index (κ2) is 6.79. The monoisotopic (exact) mass is 390 g/mol. The highest BCUT2D eigenvalue weighted by Crippen LogP contribution is 2.33. The number of nitrogens with zero attached hydrogens (tertiary/aromatic N) is 4. The zero-order chi connectivity index (χ0) is 20.0. The summed E-state index contributed by atoms with van der Waals surface area (Å²) in [7, 11) is 0. The number of ether oxygens (including phenoxy) is 2. The largest absolute Gasteiger partial charge is 0.454 e. The first-order valence-electron chi connectivity index (χ1n) is 9.39. The minimum absolute atomic E-state index is 0.235. The Morgan fingerprint density at radius 2 is 1.93 bits per heavy atom. The van der Waals surface area contributed by atoms with Crippen molar-refractivity contribution in [2.45, 2.75) is 12.6 Å². The summed E-state index contributed by atoms with van der Waals surface area (Å²) < 4.78 is 10.8. The van der Waals surface area contributed by atoms with Crippen LogP contribution in [0.2, 0.25) is 0 Å². The molecule has 146 valence electrons. The van der Waals surface area contributed by atoms with Gasteiger partial charge in [-0.25, -0.2) is 9.69 Å². The van der Waals surface area contributed by atoms with Crippen molar-refractivity contribution in [1.29, 1.82) is 5.26 Å². The van der Waals surface area contributed by atoms with Crippen molar-refractivity contribution in [3.05, 3.63) is 53.6 Å². The Morgan fingerprint density at radius 3 is 2.79 bits per heavy atom. The molecule has 1 unspecified atom stereocenters. The molecule has 8 nitrogen and oxygen atoms in total. The molecule has 0 N–H and O–H groups in total. The molecule has 0 aromatic heterocycles. The average Bonchev–Trinajstić information content (AvgIpc) is 3.30. The second-order valence-electron chi connectivity index (χ2n) is 7.25. The zero-order valence-corrected chi connectivity index (χ0v) is 15.6. The van der Waals surface area contributed by atoms with Crippen LogP contribution >= 0.6 is 0 Å². The van der Waals surface area contributed by atoms with Gasteiger partial charge >= 0.3 is 6.03 Å². The predicted molar refractivity (Wildman–Crippen MR) is 102 cm³/mol. The van der Waals surface area contributed by atoms with Crippen LogP contribution in [0.1, 0.15) is 11.1 Å². The van der Waals surface area contributed by atoms with Crippen molar-refractivity contribution in [1.82, 2.24) is 9.80 Å². The van der Waals surface area contributed by atoms with E-state index in [-0.39, 0.29) is 18.7 Å². The quantitative estimate of drug-likeness (QED) is 0.745. The Bertz CT molecular complexity index is 1050. The molecule has 0 radical (unpaired) electrons. The number of nitriles is 1. The third kappa shape index (κ3) is 2.96. The maximum absolute atomic E-state index is 13.0. The summed E-state index contributed by atoms with van der Waals surface area (Å²) in [5.41, 5.74) is 1.92. The lowest BCUT2D eigenvalue weighted by atomic mass is 10.1. The standard InChI is InChI=1S/C21H18N4O4/c22-10-14-2-1-3-16(8-14)25-20(26)17-12-23(6-7-24(17)21(25)27)11-15-4-5-18-19(9-15)29-13-28-18/h1-5,8-9,17H,6-7,11-13H2. The van der Waals surface area contributed by atoms with Crippen molar-refractivity contribution < 1.29 is 19.1 Å². The zero-order valence-electron chi connectivity index (χ0n) is 15.6. The molecule has 2 saturated heterocycles. The molecule has 3 amide bonds. The SMILES string of the molecule is N#Cc1cccc(N2C(=O)C3CN(Cc4ccc5c(c4)OCO5)CCN3C2=O)c1. The normalized spacial score (nSPS) is 20.7. The molecule has 8 heteroatoms. The van der Waals surface area contributed by atoms with E-state index in [9.17, 15) is 9.59 Å². The minimum atomic E-state index is -0.518. The van der Waals surface area contributed by atoms with E-state index in [0.717, 1.165) is 17.1 Å². The summed E-state index contributed by atoms with van der Waals surface area (Å²) in [6.45, 7) is 2.52. The van der Waals surface area contributed by atoms with Gasteiger partial charge < -0.3 is 14.4 Å². The van der Waals surface area contributed by atoms with Gasteiger partial charge in [0.2, 0.25) is 6.79 Å². The molecule has 5 rings (SSSR count). The molecule has 0 bridgehead atoms. The molecule has 2 aromatic carbocycles. The number of hydrogen-bond donors (Lipinski definition) is 0. The first-order valence-corrected chi connectivity index (χ1v) is 9.39. The first-order chi connectivity index (χ1) is 14.1. The molecule has 0 aliphatic carbocycles. The van der Waals surface area contributed by atoms with Gasteiger partial charge in [-0.2, -0.15) is 5.26 Å². The van der Waals surface area contributed by atoms with Crippen LogP contribution in [0.5, 0.6) is 11.5 Å². The van der Waals surface area contributed by atoms with Crippen molar-refractivity contribution in [3.8, 4) is 17.6 Å². The molecular formula is C21H18N4O4. The summed E-state index contributed by atoms with van der Waals surface area (Å²) in [5.74, 6) is 1.22. The van der Waals surface area contributed by atoms with Crippen molar-refractivity contribution in [2.75, 3.05) is 31.3 Å². The Balaban J connectivity index is 1.33. The smallest absolute Gasteiger partial charge is 0.332 e. The fraction of sp³-hybridized carbons (Fsp3) is 0.286. The highest BCUT2D eigenvalue weighted by atomic mass is 16.7. The van der Waals surface area contributed by atoms with Crippen LogP contribution in [0.4, 0.5) is 10.5 Å². The number of carbonyl (C=O) groups is 2. The van der Waals surface area contributed by atoms with E-state index >= 15 is 0 Å². The number of imide groups is 1. The van der Waals surface area contributed by atoms with Gasteiger partial charge in [0.25, 0.3) is 5.91 Å². The molecule has 29 heavy (non-hydrogen) atoms. The van der Waals surface area contributed by atoms with Crippen molar-refractivity contribution in [2.24, 2.45) is 0 Å². The molecule has 3 aliphatic rings. The maximum atomic E-state index is 13.0. The Hall–Kier alpha value is -3.57. The lowest BCUT2D eigenvalue weighted by molar-refractivity contribution is -0.121. The molecular weight excluding hydrogens is 372 g/mol. The summed E-state index contributed by atoms with van der Waals surface area (Å²) in [6.07, 6.45) is 0. The Morgan fingerprint density at radius 1 is 1.07 bits per heavy atom. The molecule has 3 heterocycles. The van der Waals surface area contributed by atoms with Gasteiger partial charge in [-0.05, 0) is 35.9 Å². The van der Waals surface area contributed by atoms with Gasteiger partial charge in [0.05, 0.1) is 17.3 Å². The average molecular weight is 390 g/mol. The van der Waals surface area contributed by atoms with Crippen LogP contribution in [0.25, 0.3) is 0 Å². The summed E-state index contributed by atoms with van der Waals surface area (Å²) >= 11 is 0. The topological polar surface area (TPSA) is 86.1 Å². The van der Waals surface area contributed by atoms with Crippen LogP contribution in [0, 0.1) is 11.3 Å². The van der Waals surface area contributed by atoms with Gasteiger partial charge in [0.15, 0.2) is 11.5 Å². The lowest BCUT2D eigenvalue weighted by Crippen LogP contribution is -2.52. The molecule has 1 atom stereocenters. The van der Waals surface area contributed by atoms with E-state index in [2.05, 4.69) is 4.90 Å². The fourth-order valence-electron chi connectivity index (χ4n) is 4.04. The number of benzene rings is 2. The van der Waals surface area contributed by atoms with E-state index in [1.807, 2.05) is 24.3 Å². The Kier molecular flexibility index (Phi) is 4.11. The number of rotatable bonds is 3.